The number of nitrogens with zero attached hydrogens (tertiary/aromatic N) is 2. The van der Waals surface area contributed by atoms with Gasteiger partial charge in [-0.2, -0.15) is 0 Å². The molecule has 3 saturated heterocycles. The third-order valence-corrected chi connectivity index (χ3v) is 6.33. The SMILES string of the molecule is CN1C[C@H]2O[C@H]([C@@H]3OC(C)(C)O[C@@H]32)N1Cc1ccc(NC(=O)Nc2ccc(F)c(Cl)c2)cc1. The Morgan fingerprint density at radius 2 is 1.79 bits per heavy atom. The van der Waals surface area contributed by atoms with Crippen LogP contribution in [0.2, 0.25) is 5.02 Å². The molecule has 0 aromatic heterocycles. The molecule has 0 aliphatic carbocycles. The Morgan fingerprint density at radius 1 is 1.12 bits per heavy atom. The van der Waals surface area contributed by atoms with Crippen LogP contribution in [0, 0.1) is 5.82 Å². The van der Waals surface area contributed by atoms with E-state index in [4.69, 9.17) is 25.8 Å². The zero-order valence-electron chi connectivity index (χ0n) is 18.5. The van der Waals surface area contributed by atoms with Crippen LogP contribution < -0.4 is 10.6 Å². The maximum Gasteiger partial charge on any atom is 0.323 e. The Balaban J connectivity index is 1.21. The van der Waals surface area contributed by atoms with Crippen LogP contribution in [0.15, 0.2) is 42.5 Å². The Bertz CT molecular complexity index is 1050. The molecule has 3 heterocycles. The zero-order valence-corrected chi connectivity index (χ0v) is 19.3. The minimum absolute atomic E-state index is 0.0101. The molecule has 10 heteroatoms. The van der Waals surface area contributed by atoms with E-state index in [1.807, 2.05) is 45.2 Å². The van der Waals surface area contributed by atoms with Crippen molar-refractivity contribution in [3.05, 3.63) is 58.9 Å². The van der Waals surface area contributed by atoms with E-state index in [1.54, 1.807) is 0 Å². The Kier molecular flexibility index (Phi) is 5.80. The molecule has 3 aliphatic rings. The van der Waals surface area contributed by atoms with Crippen molar-refractivity contribution in [2.75, 3.05) is 24.2 Å². The van der Waals surface area contributed by atoms with Crippen LogP contribution in [0.25, 0.3) is 0 Å². The van der Waals surface area contributed by atoms with Crippen molar-refractivity contribution in [2.24, 2.45) is 0 Å². The summed E-state index contributed by atoms with van der Waals surface area (Å²) >= 11 is 5.75. The number of likely N-dealkylation sites (N-methyl/N-ethyl adjacent to an activating group) is 1. The second-order valence-electron chi connectivity index (χ2n) is 8.97. The monoisotopic (exact) mass is 476 g/mol. The van der Waals surface area contributed by atoms with Gasteiger partial charge in [0.1, 0.15) is 24.1 Å². The lowest BCUT2D eigenvalue weighted by Gasteiger charge is -2.42. The number of rotatable bonds is 4. The standard InChI is InChI=1S/C23H26ClFN4O4/c1-23(2)32-19-18-12-28(3)29(21(31-18)20(19)33-23)11-13-4-6-14(7-5-13)26-22(30)27-15-8-9-17(25)16(24)10-15/h4-10,18-21H,11-12H2,1-3H3,(H2,26,27,30)/t18-,19-,20-,21-/m1/s1. The van der Waals surface area contributed by atoms with Crippen LogP contribution in [0.5, 0.6) is 0 Å². The van der Waals surface area contributed by atoms with E-state index in [1.165, 1.54) is 18.2 Å². The fraction of sp³-hybridized carbons (Fsp3) is 0.435. The maximum atomic E-state index is 13.3. The van der Waals surface area contributed by atoms with Crippen LogP contribution in [0.4, 0.5) is 20.6 Å². The minimum Gasteiger partial charge on any atom is -0.352 e. The van der Waals surface area contributed by atoms with Gasteiger partial charge in [-0.1, -0.05) is 23.7 Å². The summed E-state index contributed by atoms with van der Waals surface area (Å²) in [6, 6.07) is 11.1. The number of carbonyl (C=O) groups excluding carboxylic acids is 1. The summed E-state index contributed by atoms with van der Waals surface area (Å²) in [6.45, 7) is 5.22. The van der Waals surface area contributed by atoms with E-state index in [-0.39, 0.29) is 29.6 Å². The average molecular weight is 477 g/mol. The summed E-state index contributed by atoms with van der Waals surface area (Å²) < 4.78 is 31.7. The summed E-state index contributed by atoms with van der Waals surface area (Å²) in [6.07, 6.45) is -0.436. The van der Waals surface area contributed by atoms with Gasteiger partial charge in [0.15, 0.2) is 12.0 Å². The molecule has 0 spiro atoms. The quantitative estimate of drug-likeness (QED) is 0.694. The van der Waals surface area contributed by atoms with Crippen LogP contribution in [0.3, 0.4) is 0 Å². The van der Waals surface area contributed by atoms with Crippen LogP contribution >= 0.6 is 11.6 Å². The lowest BCUT2D eigenvalue weighted by atomic mass is 10.1. The van der Waals surface area contributed by atoms with E-state index in [9.17, 15) is 9.18 Å². The smallest absolute Gasteiger partial charge is 0.323 e. The molecule has 3 aliphatic heterocycles. The van der Waals surface area contributed by atoms with Crippen molar-refractivity contribution < 1.29 is 23.4 Å². The zero-order chi connectivity index (χ0) is 23.3. The molecule has 176 valence electrons. The number of hydrazine groups is 1. The normalized spacial score (nSPS) is 28.5. The van der Waals surface area contributed by atoms with Gasteiger partial charge in [0, 0.05) is 31.5 Å². The third-order valence-electron chi connectivity index (χ3n) is 6.04. The van der Waals surface area contributed by atoms with Crippen molar-refractivity contribution in [1.82, 2.24) is 10.0 Å². The molecule has 2 amide bonds. The van der Waals surface area contributed by atoms with E-state index in [0.29, 0.717) is 17.9 Å². The summed E-state index contributed by atoms with van der Waals surface area (Å²) in [7, 11) is 2.04. The number of hydrogen-bond donors (Lipinski definition) is 2. The molecule has 5 rings (SSSR count). The van der Waals surface area contributed by atoms with Gasteiger partial charge in [0.05, 0.1) is 5.02 Å². The predicted octanol–water partition coefficient (Wildman–Crippen LogP) is 4.03. The number of benzene rings is 2. The molecule has 2 N–H and O–H groups in total. The first kappa shape index (κ1) is 22.5. The first-order valence-electron chi connectivity index (χ1n) is 10.8. The van der Waals surface area contributed by atoms with Crippen LogP contribution in [-0.2, 0) is 20.8 Å². The van der Waals surface area contributed by atoms with E-state index in [0.717, 1.165) is 12.1 Å². The molecule has 0 saturated carbocycles. The predicted molar refractivity (Wildman–Crippen MR) is 121 cm³/mol. The highest BCUT2D eigenvalue weighted by molar-refractivity contribution is 6.31. The molecule has 33 heavy (non-hydrogen) atoms. The van der Waals surface area contributed by atoms with Crippen molar-refractivity contribution in [3.8, 4) is 0 Å². The van der Waals surface area contributed by atoms with E-state index in [2.05, 4.69) is 20.7 Å². The number of urea groups is 1. The lowest BCUT2D eigenvalue weighted by molar-refractivity contribution is -0.267. The highest BCUT2D eigenvalue weighted by Gasteiger charge is 2.59. The molecule has 0 unspecified atom stereocenters. The van der Waals surface area contributed by atoms with Gasteiger partial charge in [-0.25, -0.2) is 19.2 Å². The summed E-state index contributed by atoms with van der Waals surface area (Å²) in [5.74, 6) is -1.15. The first-order valence-corrected chi connectivity index (χ1v) is 11.2. The number of halogens is 2. The maximum absolute atomic E-state index is 13.3. The second-order valence-corrected chi connectivity index (χ2v) is 9.38. The Labute approximate surface area is 196 Å². The van der Waals surface area contributed by atoms with Gasteiger partial charge in [-0.05, 0) is 49.7 Å². The topological polar surface area (TPSA) is 75.3 Å². The summed E-state index contributed by atoms with van der Waals surface area (Å²) in [4.78, 5) is 12.3. The number of hydrogen-bond acceptors (Lipinski definition) is 6. The van der Waals surface area contributed by atoms with Crippen LogP contribution in [0.1, 0.15) is 19.4 Å². The second kappa shape index (κ2) is 8.50. The molecular formula is C23H26ClFN4O4. The van der Waals surface area contributed by atoms with E-state index >= 15 is 0 Å². The molecule has 2 aromatic rings. The number of fused-ring (bicyclic) bond motifs is 5. The number of nitrogens with one attached hydrogen (secondary N) is 2. The van der Waals surface area contributed by atoms with E-state index < -0.39 is 17.6 Å². The minimum atomic E-state index is -0.607. The Hall–Kier alpha value is -2.27. The number of ether oxygens (including phenoxy) is 3. The van der Waals surface area contributed by atoms with Crippen molar-refractivity contribution in [1.29, 1.82) is 0 Å². The first-order chi connectivity index (χ1) is 15.7. The van der Waals surface area contributed by atoms with Gasteiger partial charge < -0.3 is 24.8 Å². The third kappa shape index (κ3) is 4.57. The fourth-order valence-corrected chi connectivity index (χ4v) is 4.74. The molecule has 8 nitrogen and oxygen atoms in total. The van der Waals surface area contributed by atoms with Crippen molar-refractivity contribution in [2.45, 2.75) is 50.7 Å². The van der Waals surface area contributed by atoms with Gasteiger partial charge >= 0.3 is 6.03 Å². The Morgan fingerprint density at radius 3 is 2.52 bits per heavy atom. The van der Waals surface area contributed by atoms with Gasteiger partial charge in [0.25, 0.3) is 0 Å². The highest BCUT2D eigenvalue weighted by atomic mass is 35.5. The van der Waals surface area contributed by atoms with Crippen molar-refractivity contribution in [3.63, 3.8) is 0 Å². The highest BCUT2D eigenvalue weighted by Crippen LogP contribution is 2.43. The number of anilines is 2. The molecule has 3 fully saturated rings. The summed E-state index contributed by atoms with van der Waals surface area (Å²) in [5.41, 5.74) is 2.09. The summed E-state index contributed by atoms with van der Waals surface area (Å²) in [5, 5.41) is 9.65. The average Bonchev–Trinajstić information content (AvgIpc) is 3.21. The van der Waals surface area contributed by atoms with Gasteiger partial charge in [-0.3, -0.25) is 0 Å². The van der Waals surface area contributed by atoms with Gasteiger partial charge in [0.2, 0.25) is 0 Å². The molecule has 2 aromatic carbocycles. The molecule has 4 atom stereocenters. The molecular weight excluding hydrogens is 451 g/mol. The molecule has 2 bridgehead atoms. The molecule has 0 radical (unpaired) electrons. The van der Waals surface area contributed by atoms with Crippen molar-refractivity contribution >= 4 is 29.0 Å². The number of carbonyl (C=O) groups is 1. The van der Waals surface area contributed by atoms with Crippen LogP contribution in [-0.4, -0.2) is 60.0 Å². The fourth-order valence-electron chi connectivity index (χ4n) is 4.56. The lowest BCUT2D eigenvalue weighted by Crippen LogP contribution is -2.55. The largest absolute Gasteiger partial charge is 0.352 e. The number of amides is 2. The van der Waals surface area contributed by atoms with Gasteiger partial charge in [-0.15, -0.1) is 0 Å².